The summed E-state index contributed by atoms with van der Waals surface area (Å²) in [5.74, 6) is -0.0350. The minimum atomic E-state index is -0.840. The van der Waals surface area contributed by atoms with E-state index < -0.39 is 12.1 Å². The third kappa shape index (κ3) is 67.6. The van der Waals surface area contributed by atoms with E-state index in [1.807, 2.05) is 6.08 Å². The maximum Gasteiger partial charge on any atom is 0.305 e. The summed E-state index contributed by atoms with van der Waals surface area (Å²) in [4.78, 5) is 24.5. The summed E-state index contributed by atoms with van der Waals surface area (Å²) in [5, 5.41) is 23.2. The zero-order chi connectivity index (χ0) is 58.5. The molecule has 0 aromatic carbocycles. The number of nitrogens with one attached hydrogen (secondary N) is 1. The number of carbonyl (C=O) groups is 2. The van der Waals surface area contributed by atoms with E-state index in [1.165, 1.54) is 366 Å². The van der Waals surface area contributed by atoms with Crippen molar-refractivity contribution in [2.45, 2.75) is 443 Å². The summed E-state index contributed by atoms with van der Waals surface area (Å²) in [5.41, 5.74) is 0. The van der Waals surface area contributed by atoms with E-state index in [0.29, 0.717) is 19.4 Å². The second-order valence-corrected chi connectivity index (χ2v) is 26.0. The highest BCUT2D eigenvalue weighted by Crippen LogP contribution is 2.20. The lowest BCUT2D eigenvalue weighted by atomic mass is 10.0. The molecule has 2 unspecified atom stereocenters. The largest absolute Gasteiger partial charge is 0.466 e. The monoisotopic (exact) mass is 1140 g/mol. The van der Waals surface area contributed by atoms with Crippen LogP contribution < -0.4 is 5.32 Å². The van der Waals surface area contributed by atoms with Gasteiger partial charge in [-0.15, -0.1) is 0 Å². The van der Waals surface area contributed by atoms with Crippen LogP contribution in [-0.2, 0) is 14.3 Å². The SMILES string of the molecule is CCCCCCCCCCCCCCCC/C=C/C(O)C(CO)NC(=O)CCCCCCCCCCCCCCCCCCCCCCCCCCCCCCCCCCCCCCCOC(=O)CCCCCCCCCCCCC. The smallest absolute Gasteiger partial charge is 0.305 e. The lowest BCUT2D eigenvalue weighted by Crippen LogP contribution is -2.45. The van der Waals surface area contributed by atoms with Gasteiger partial charge in [0, 0.05) is 12.8 Å². The van der Waals surface area contributed by atoms with Crippen molar-refractivity contribution in [1.82, 2.24) is 5.32 Å². The molecular weight excluding hydrogens is 995 g/mol. The number of hydrogen-bond acceptors (Lipinski definition) is 5. The van der Waals surface area contributed by atoms with Crippen molar-refractivity contribution in [1.29, 1.82) is 0 Å². The van der Waals surface area contributed by atoms with Crippen LogP contribution in [0.3, 0.4) is 0 Å². The maximum absolute atomic E-state index is 12.5. The van der Waals surface area contributed by atoms with Gasteiger partial charge in [-0.1, -0.05) is 398 Å². The van der Waals surface area contributed by atoms with E-state index in [0.717, 1.165) is 38.5 Å². The Morgan fingerprint density at radius 2 is 0.568 bits per heavy atom. The molecule has 0 aliphatic carbocycles. The highest BCUT2D eigenvalue weighted by Gasteiger charge is 2.18. The number of rotatable bonds is 71. The molecule has 0 spiro atoms. The van der Waals surface area contributed by atoms with Crippen LogP contribution in [0.2, 0.25) is 0 Å². The van der Waals surface area contributed by atoms with E-state index >= 15 is 0 Å². The van der Waals surface area contributed by atoms with Gasteiger partial charge in [-0.3, -0.25) is 9.59 Å². The van der Waals surface area contributed by atoms with Crippen LogP contribution in [0.5, 0.6) is 0 Å². The van der Waals surface area contributed by atoms with Gasteiger partial charge in [0.25, 0.3) is 0 Å². The van der Waals surface area contributed by atoms with Gasteiger partial charge in [0.05, 0.1) is 25.4 Å². The van der Waals surface area contributed by atoms with Crippen molar-refractivity contribution in [3.63, 3.8) is 0 Å². The van der Waals surface area contributed by atoms with Gasteiger partial charge in [-0.25, -0.2) is 0 Å². The van der Waals surface area contributed by atoms with Gasteiger partial charge in [0.1, 0.15) is 0 Å². The molecule has 0 aliphatic rings. The minimum absolute atomic E-state index is 0.0237. The Hall–Kier alpha value is -1.40. The molecule has 0 aromatic heterocycles. The van der Waals surface area contributed by atoms with E-state index in [-0.39, 0.29) is 18.5 Å². The summed E-state index contributed by atoms with van der Waals surface area (Å²) >= 11 is 0. The molecule has 0 fully saturated rings. The van der Waals surface area contributed by atoms with E-state index in [1.54, 1.807) is 6.08 Å². The Labute approximate surface area is 508 Å². The predicted octanol–water partition coefficient (Wildman–Crippen LogP) is 24.3. The molecule has 0 heterocycles. The molecular formula is C75H147NO5. The van der Waals surface area contributed by atoms with Crippen molar-refractivity contribution < 1.29 is 24.5 Å². The van der Waals surface area contributed by atoms with Crippen molar-refractivity contribution in [3.8, 4) is 0 Å². The Kier molecular flexibility index (Phi) is 69.9. The maximum atomic E-state index is 12.5. The number of allylic oxidation sites excluding steroid dienone is 1. The molecule has 6 heteroatoms. The molecule has 482 valence electrons. The lowest BCUT2D eigenvalue weighted by Gasteiger charge is -2.20. The van der Waals surface area contributed by atoms with E-state index in [2.05, 4.69) is 19.2 Å². The minimum Gasteiger partial charge on any atom is -0.466 e. The molecule has 81 heavy (non-hydrogen) atoms. The van der Waals surface area contributed by atoms with Gasteiger partial charge in [0.2, 0.25) is 5.91 Å². The van der Waals surface area contributed by atoms with Crippen LogP contribution in [0.25, 0.3) is 0 Å². The van der Waals surface area contributed by atoms with Crippen LogP contribution in [0.1, 0.15) is 431 Å². The standard InChI is InChI=1S/C75H147NO5/c1-3-5-7-9-11-13-15-16-17-41-44-48-51-55-59-63-67-73(78)72(71-77)76-74(79)68-64-60-56-52-49-45-42-39-37-35-33-31-29-27-25-23-21-19-18-20-22-24-26-28-30-32-34-36-38-40-43-46-50-54-58-62-66-70-81-75(80)69-65-61-57-53-47-14-12-10-8-6-4-2/h63,67,72-73,77-78H,3-62,64-66,68-71H2,1-2H3,(H,76,79)/b67-63+. The highest BCUT2D eigenvalue weighted by atomic mass is 16.5. The van der Waals surface area contributed by atoms with Crippen LogP contribution in [0.15, 0.2) is 12.2 Å². The van der Waals surface area contributed by atoms with Crippen LogP contribution in [0.4, 0.5) is 0 Å². The molecule has 0 saturated heterocycles. The summed E-state index contributed by atoms with van der Waals surface area (Å²) < 4.78 is 5.48. The molecule has 0 radical (unpaired) electrons. The van der Waals surface area contributed by atoms with Gasteiger partial charge >= 0.3 is 5.97 Å². The van der Waals surface area contributed by atoms with Crippen molar-refractivity contribution >= 4 is 11.9 Å². The Morgan fingerprint density at radius 1 is 0.333 bits per heavy atom. The second-order valence-electron chi connectivity index (χ2n) is 26.0. The zero-order valence-electron chi connectivity index (χ0n) is 55.3. The Morgan fingerprint density at radius 3 is 0.840 bits per heavy atom. The number of hydrogen-bond donors (Lipinski definition) is 3. The summed E-state index contributed by atoms with van der Waals surface area (Å²) in [7, 11) is 0. The topological polar surface area (TPSA) is 95.9 Å². The van der Waals surface area contributed by atoms with E-state index in [9.17, 15) is 19.8 Å². The van der Waals surface area contributed by atoms with Crippen LogP contribution in [0, 0.1) is 0 Å². The van der Waals surface area contributed by atoms with Crippen LogP contribution in [-0.4, -0.2) is 47.4 Å². The molecule has 0 saturated carbocycles. The average molecular weight is 1140 g/mol. The first-order chi connectivity index (χ1) is 40.0. The Balaban J connectivity index is 3.31. The number of aliphatic hydroxyl groups excluding tert-OH is 2. The molecule has 6 nitrogen and oxygen atoms in total. The number of carbonyl (C=O) groups excluding carboxylic acids is 2. The summed E-state index contributed by atoms with van der Waals surface area (Å²) in [6, 6.07) is -0.623. The van der Waals surface area contributed by atoms with Gasteiger partial charge < -0.3 is 20.3 Å². The van der Waals surface area contributed by atoms with Crippen LogP contribution >= 0.6 is 0 Å². The molecule has 0 rings (SSSR count). The van der Waals surface area contributed by atoms with Crippen molar-refractivity contribution in [2.75, 3.05) is 13.2 Å². The van der Waals surface area contributed by atoms with Crippen molar-refractivity contribution in [3.05, 3.63) is 12.2 Å². The quantitative estimate of drug-likeness (QED) is 0.0320. The molecule has 1 amide bonds. The van der Waals surface area contributed by atoms with E-state index in [4.69, 9.17) is 4.74 Å². The van der Waals surface area contributed by atoms with Gasteiger partial charge in [0.15, 0.2) is 0 Å². The molecule has 0 bridgehead atoms. The molecule has 0 aromatic rings. The number of unbranched alkanes of at least 4 members (excludes halogenated alkanes) is 60. The summed E-state index contributed by atoms with van der Waals surface area (Å²) in [6.45, 7) is 4.94. The fraction of sp³-hybridized carbons (Fsp3) is 0.947. The Bertz CT molecular complexity index is 1220. The normalized spacial score (nSPS) is 12.5. The van der Waals surface area contributed by atoms with Gasteiger partial charge in [-0.2, -0.15) is 0 Å². The number of aliphatic hydroxyl groups is 2. The third-order valence-electron chi connectivity index (χ3n) is 17.8. The first-order valence-electron chi connectivity index (χ1n) is 37.5. The number of amides is 1. The van der Waals surface area contributed by atoms with Gasteiger partial charge in [-0.05, 0) is 32.1 Å². The van der Waals surface area contributed by atoms with Crippen molar-refractivity contribution in [2.24, 2.45) is 0 Å². The lowest BCUT2D eigenvalue weighted by molar-refractivity contribution is -0.143. The average Bonchev–Trinajstić information content (AvgIpc) is 3.47. The molecule has 2 atom stereocenters. The zero-order valence-corrected chi connectivity index (χ0v) is 55.3. The third-order valence-corrected chi connectivity index (χ3v) is 17.8. The summed E-state index contributed by atoms with van der Waals surface area (Å²) in [6.07, 6.45) is 89.0. The number of ether oxygens (including phenoxy) is 1. The fourth-order valence-corrected chi connectivity index (χ4v) is 12.1. The molecule has 0 aliphatic heterocycles. The fourth-order valence-electron chi connectivity index (χ4n) is 12.1. The second kappa shape index (κ2) is 71.1. The predicted molar refractivity (Wildman–Crippen MR) is 357 cm³/mol. The number of esters is 1. The first kappa shape index (κ1) is 79.6. The highest BCUT2D eigenvalue weighted by molar-refractivity contribution is 5.76. The first-order valence-corrected chi connectivity index (χ1v) is 37.5. The molecule has 3 N–H and O–H groups in total.